The SMILES string of the molecule is Cc1nn(-c2ccccc2)c(C)c1[C@H]1NC(=S)N(c2ccc(F)c(Cl)c2)C1=O. The predicted octanol–water partition coefficient (Wildman–Crippen LogP) is 4.24. The van der Waals surface area contributed by atoms with Gasteiger partial charge in [0.1, 0.15) is 11.9 Å². The summed E-state index contributed by atoms with van der Waals surface area (Å²) >= 11 is 11.2. The van der Waals surface area contributed by atoms with Gasteiger partial charge < -0.3 is 5.32 Å². The van der Waals surface area contributed by atoms with E-state index in [9.17, 15) is 9.18 Å². The van der Waals surface area contributed by atoms with Crippen LogP contribution in [0, 0.1) is 19.7 Å². The largest absolute Gasteiger partial charge is 0.346 e. The Labute approximate surface area is 171 Å². The molecule has 3 aromatic rings. The third-order valence-corrected chi connectivity index (χ3v) is 5.33. The second-order valence-electron chi connectivity index (χ2n) is 6.49. The molecular formula is C20H16ClFN4OS. The van der Waals surface area contributed by atoms with Gasteiger partial charge in [-0.1, -0.05) is 29.8 Å². The van der Waals surface area contributed by atoms with Crippen LogP contribution in [0.1, 0.15) is 23.0 Å². The predicted molar refractivity (Wildman–Crippen MR) is 110 cm³/mol. The molecule has 5 nitrogen and oxygen atoms in total. The number of amides is 1. The van der Waals surface area contributed by atoms with Crippen LogP contribution < -0.4 is 10.2 Å². The molecule has 4 rings (SSSR count). The van der Waals surface area contributed by atoms with Crippen LogP contribution >= 0.6 is 23.8 Å². The minimum absolute atomic E-state index is 0.0687. The number of aryl methyl sites for hydroxylation is 1. The highest BCUT2D eigenvalue weighted by Crippen LogP contribution is 2.33. The van der Waals surface area contributed by atoms with Gasteiger partial charge in [0.2, 0.25) is 0 Å². The highest BCUT2D eigenvalue weighted by molar-refractivity contribution is 7.80. The summed E-state index contributed by atoms with van der Waals surface area (Å²) in [6.07, 6.45) is 0. The zero-order valence-electron chi connectivity index (χ0n) is 15.1. The number of nitrogens with one attached hydrogen (secondary N) is 1. The van der Waals surface area contributed by atoms with Gasteiger partial charge in [-0.05, 0) is 56.4 Å². The molecule has 0 spiro atoms. The van der Waals surface area contributed by atoms with Gasteiger partial charge in [-0.15, -0.1) is 0 Å². The monoisotopic (exact) mass is 414 g/mol. The fourth-order valence-corrected chi connectivity index (χ4v) is 3.92. The third kappa shape index (κ3) is 2.96. The first kappa shape index (κ1) is 18.6. The van der Waals surface area contributed by atoms with E-state index in [-0.39, 0.29) is 16.0 Å². The van der Waals surface area contributed by atoms with Crippen LogP contribution in [0.4, 0.5) is 10.1 Å². The summed E-state index contributed by atoms with van der Waals surface area (Å²) in [6, 6.07) is 13.1. The molecule has 142 valence electrons. The summed E-state index contributed by atoms with van der Waals surface area (Å²) in [6.45, 7) is 3.77. The molecule has 0 unspecified atom stereocenters. The average molecular weight is 415 g/mol. The molecule has 2 aromatic carbocycles. The second kappa shape index (κ2) is 7.00. The van der Waals surface area contributed by atoms with E-state index in [0.29, 0.717) is 5.69 Å². The molecule has 1 N–H and O–H groups in total. The van der Waals surface area contributed by atoms with Crippen molar-refractivity contribution in [3.8, 4) is 5.69 Å². The van der Waals surface area contributed by atoms with Crippen molar-refractivity contribution in [2.45, 2.75) is 19.9 Å². The third-order valence-electron chi connectivity index (χ3n) is 4.74. The Bertz CT molecular complexity index is 1100. The lowest BCUT2D eigenvalue weighted by molar-refractivity contribution is -0.118. The Morgan fingerprint density at radius 2 is 1.86 bits per heavy atom. The number of carbonyl (C=O) groups excluding carboxylic acids is 1. The van der Waals surface area contributed by atoms with Gasteiger partial charge in [0.05, 0.1) is 22.1 Å². The number of para-hydroxylation sites is 1. The number of benzene rings is 2. The molecular weight excluding hydrogens is 399 g/mol. The van der Waals surface area contributed by atoms with Crippen molar-refractivity contribution in [2.75, 3.05) is 4.90 Å². The highest BCUT2D eigenvalue weighted by Gasteiger charge is 2.40. The summed E-state index contributed by atoms with van der Waals surface area (Å²) in [5.41, 5.74) is 3.67. The smallest absolute Gasteiger partial charge is 0.260 e. The number of aromatic nitrogens is 2. The summed E-state index contributed by atoms with van der Waals surface area (Å²) in [7, 11) is 0. The van der Waals surface area contributed by atoms with Crippen molar-refractivity contribution < 1.29 is 9.18 Å². The van der Waals surface area contributed by atoms with E-state index in [4.69, 9.17) is 23.8 Å². The minimum Gasteiger partial charge on any atom is -0.346 e. The molecule has 0 bridgehead atoms. The van der Waals surface area contributed by atoms with Gasteiger partial charge in [0.25, 0.3) is 5.91 Å². The molecule has 1 aliphatic rings. The number of hydrogen-bond acceptors (Lipinski definition) is 3. The number of carbonyl (C=O) groups is 1. The number of anilines is 1. The van der Waals surface area contributed by atoms with E-state index in [1.54, 1.807) is 4.68 Å². The summed E-state index contributed by atoms with van der Waals surface area (Å²) in [4.78, 5) is 14.5. The summed E-state index contributed by atoms with van der Waals surface area (Å²) in [5.74, 6) is -0.810. The molecule has 0 radical (unpaired) electrons. The van der Waals surface area contributed by atoms with Crippen LogP contribution in [-0.2, 0) is 4.79 Å². The molecule has 1 aliphatic heterocycles. The summed E-state index contributed by atoms with van der Waals surface area (Å²) in [5, 5.41) is 7.84. The van der Waals surface area contributed by atoms with Crippen molar-refractivity contribution in [3.05, 3.63) is 76.3 Å². The van der Waals surface area contributed by atoms with Crippen LogP contribution in [0.3, 0.4) is 0 Å². The van der Waals surface area contributed by atoms with Gasteiger partial charge in [0.15, 0.2) is 5.11 Å². The first-order valence-corrected chi connectivity index (χ1v) is 9.38. The molecule has 1 atom stereocenters. The number of nitrogens with zero attached hydrogens (tertiary/aromatic N) is 3. The maximum Gasteiger partial charge on any atom is 0.260 e. The standard InChI is InChI=1S/C20H16ClFN4OS/c1-11-17(12(2)26(24-11)13-6-4-3-5-7-13)18-19(27)25(20(28)23-18)14-8-9-16(22)15(21)10-14/h3-10,18H,1-2H3,(H,23,28)/t18-/m1/s1. The van der Waals surface area contributed by atoms with E-state index >= 15 is 0 Å². The Balaban J connectivity index is 1.73. The maximum absolute atomic E-state index is 13.5. The van der Waals surface area contributed by atoms with Crippen LogP contribution in [0.2, 0.25) is 5.02 Å². The molecule has 1 aromatic heterocycles. The molecule has 1 saturated heterocycles. The number of thiocarbonyl (C=S) groups is 1. The second-order valence-corrected chi connectivity index (χ2v) is 7.28. The first-order valence-electron chi connectivity index (χ1n) is 8.59. The van der Waals surface area contributed by atoms with E-state index < -0.39 is 11.9 Å². The quantitative estimate of drug-likeness (QED) is 0.651. The van der Waals surface area contributed by atoms with Crippen LogP contribution in [0.15, 0.2) is 48.5 Å². The van der Waals surface area contributed by atoms with Gasteiger partial charge >= 0.3 is 0 Å². The molecule has 8 heteroatoms. The number of rotatable bonds is 3. The zero-order valence-corrected chi connectivity index (χ0v) is 16.7. The van der Waals surface area contributed by atoms with Crippen molar-refractivity contribution in [3.63, 3.8) is 0 Å². The van der Waals surface area contributed by atoms with Crippen LogP contribution in [0.25, 0.3) is 5.69 Å². The van der Waals surface area contributed by atoms with E-state index in [0.717, 1.165) is 22.6 Å². The molecule has 1 fully saturated rings. The minimum atomic E-state index is -0.672. The highest BCUT2D eigenvalue weighted by atomic mass is 35.5. The van der Waals surface area contributed by atoms with Crippen LogP contribution in [0.5, 0.6) is 0 Å². The average Bonchev–Trinajstić information content (AvgIpc) is 3.13. The molecule has 1 amide bonds. The first-order chi connectivity index (χ1) is 13.4. The van der Waals surface area contributed by atoms with Crippen LogP contribution in [-0.4, -0.2) is 20.8 Å². The van der Waals surface area contributed by atoms with Crippen molar-refractivity contribution in [1.82, 2.24) is 15.1 Å². The van der Waals surface area contributed by atoms with Crippen molar-refractivity contribution in [1.29, 1.82) is 0 Å². The molecule has 2 heterocycles. The normalized spacial score (nSPS) is 16.6. The van der Waals surface area contributed by atoms with Crippen molar-refractivity contribution >= 4 is 40.5 Å². The van der Waals surface area contributed by atoms with Gasteiger partial charge in [-0.2, -0.15) is 5.10 Å². The zero-order chi connectivity index (χ0) is 20.0. The van der Waals surface area contributed by atoms with E-state index in [2.05, 4.69) is 10.4 Å². The van der Waals surface area contributed by atoms with Gasteiger partial charge in [-0.25, -0.2) is 9.07 Å². The molecule has 0 aliphatic carbocycles. The summed E-state index contributed by atoms with van der Waals surface area (Å²) < 4.78 is 15.3. The van der Waals surface area contributed by atoms with Crippen molar-refractivity contribution in [2.24, 2.45) is 0 Å². The fourth-order valence-electron chi connectivity index (χ4n) is 3.44. The number of hydrogen-bond donors (Lipinski definition) is 1. The molecule has 28 heavy (non-hydrogen) atoms. The lowest BCUT2D eigenvalue weighted by Gasteiger charge is -2.15. The van der Waals surface area contributed by atoms with Gasteiger partial charge in [0, 0.05) is 11.3 Å². The Morgan fingerprint density at radius 3 is 2.54 bits per heavy atom. The van der Waals surface area contributed by atoms with Gasteiger partial charge in [-0.3, -0.25) is 9.69 Å². The number of halogens is 2. The van der Waals surface area contributed by atoms with E-state index in [1.165, 1.54) is 23.1 Å². The van der Waals surface area contributed by atoms with E-state index in [1.807, 2.05) is 44.2 Å². The Kier molecular flexibility index (Phi) is 4.64. The Morgan fingerprint density at radius 1 is 1.14 bits per heavy atom. The lowest BCUT2D eigenvalue weighted by Crippen LogP contribution is -2.30. The fraction of sp³-hybridized carbons (Fsp3) is 0.150. The maximum atomic E-state index is 13.5. The molecule has 0 saturated carbocycles. The Hall–Kier alpha value is -2.77. The lowest BCUT2D eigenvalue weighted by atomic mass is 10.0. The topological polar surface area (TPSA) is 50.2 Å².